The molecule has 2 aromatic rings. The lowest BCUT2D eigenvalue weighted by Gasteiger charge is -2.14. The smallest absolute Gasteiger partial charge is 0.129 e. The normalized spacial score (nSPS) is 12.3. The van der Waals surface area contributed by atoms with E-state index in [2.05, 4.69) is 0 Å². The average Bonchev–Trinajstić information content (AvgIpc) is 2.38. The zero-order chi connectivity index (χ0) is 14.0. The Balaban J connectivity index is 2.38. The van der Waals surface area contributed by atoms with Gasteiger partial charge in [-0.2, -0.15) is 0 Å². The van der Waals surface area contributed by atoms with Crippen LogP contribution in [0.2, 0.25) is 0 Å². The number of methoxy groups -OCH3 is 1. The first-order chi connectivity index (χ1) is 9.02. The van der Waals surface area contributed by atoms with E-state index in [1.165, 1.54) is 6.07 Å². The summed E-state index contributed by atoms with van der Waals surface area (Å²) < 4.78 is 19.0. The number of rotatable bonds is 3. The van der Waals surface area contributed by atoms with Crippen LogP contribution in [0.3, 0.4) is 0 Å². The van der Waals surface area contributed by atoms with Crippen molar-refractivity contribution in [3.8, 4) is 5.75 Å². The number of aliphatic hydroxyl groups excluding tert-OH is 1. The second-order valence-corrected chi connectivity index (χ2v) is 4.66. The topological polar surface area (TPSA) is 29.5 Å². The molecule has 0 saturated carbocycles. The number of aliphatic hydroxyl groups is 1. The first kappa shape index (κ1) is 13.6. The molecule has 1 atom stereocenters. The molecule has 19 heavy (non-hydrogen) atoms. The number of hydrogen-bond acceptors (Lipinski definition) is 2. The molecule has 0 aromatic heterocycles. The van der Waals surface area contributed by atoms with E-state index >= 15 is 0 Å². The van der Waals surface area contributed by atoms with E-state index in [0.717, 1.165) is 16.9 Å². The highest BCUT2D eigenvalue weighted by molar-refractivity contribution is 5.40. The summed E-state index contributed by atoms with van der Waals surface area (Å²) in [4.78, 5) is 0. The standard InChI is InChI=1S/C16H17FO2/c1-10-4-6-13(14(17)8-10)16(18)12-5-7-15(19-3)11(2)9-12/h4-9,16,18H,1-3H3. The molecule has 2 rings (SSSR count). The molecule has 0 aliphatic rings. The fourth-order valence-corrected chi connectivity index (χ4v) is 2.11. The van der Waals surface area contributed by atoms with E-state index < -0.39 is 6.10 Å². The van der Waals surface area contributed by atoms with Crippen LogP contribution in [0.15, 0.2) is 36.4 Å². The van der Waals surface area contributed by atoms with Crippen LogP contribution in [0.1, 0.15) is 28.4 Å². The molecule has 0 fully saturated rings. The quantitative estimate of drug-likeness (QED) is 0.914. The molecule has 100 valence electrons. The van der Waals surface area contributed by atoms with Gasteiger partial charge in [-0.3, -0.25) is 0 Å². The minimum Gasteiger partial charge on any atom is -0.496 e. The van der Waals surface area contributed by atoms with Gasteiger partial charge >= 0.3 is 0 Å². The van der Waals surface area contributed by atoms with Gasteiger partial charge in [0.15, 0.2) is 0 Å². The SMILES string of the molecule is COc1ccc(C(O)c2ccc(C)cc2F)cc1C. The van der Waals surface area contributed by atoms with Gasteiger partial charge in [0.2, 0.25) is 0 Å². The van der Waals surface area contributed by atoms with Crippen molar-refractivity contribution in [2.24, 2.45) is 0 Å². The lowest BCUT2D eigenvalue weighted by Crippen LogP contribution is -2.03. The van der Waals surface area contributed by atoms with Gasteiger partial charge in [0.05, 0.1) is 7.11 Å². The third-order valence-electron chi connectivity index (χ3n) is 3.19. The van der Waals surface area contributed by atoms with Crippen LogP contribution in [0.25, 0.3) is 0 Å². The molecular weight excluding hydrogens is 243 g/mol. The number of benzene rings is 2. The number of aryl methyl sites for hydroxylation is 2. The second kappa shape index (κ2) is 5.41. The predicted octanol–water partition coefficient (Wildman–Crippen LogP) is 3.53. The first-order valence-electron chi connectivity index (χ1n) is 6.11. The Kier molecular flexibility index (Phi) is 3.86. The molecule has 0 spiro atoms. The van der Waals surface area contributed by atoms with Gasteiger partial charge in [0.1, 0.15) is 17.7 Å². The van der Waals surface area contributed by atoms with Crippen LogP contribution in [-0.4, -0.2) is 12.2 Å². The largest absolute Gasteiger partial charge is 0.496 e. The maximum atomic E-state index is 13.8. The molecule has 0 aliphatic heterocycles. The average molecular weight is 260 g/mol. The monoisotopic (exact) mass is 260 g/mol. The summed E-state index contributed by atoms with van der Waals surface area (Å²) in [6, 6.07) is 10.2. The lowest BCUT2D eigenvalue weighted by molar-refractivity contribution is 0.214. The van der Waals surface area contributed by atoms with Gasteiger partial charge in [-0.1, -0.05) is 18.2 Å². The Bertz CT molecular complexity index is 593. The van der Waals surface area contributed by atoms with Gasteiger partial charge < -0.3 is 9.84 Å². The summed E-state index contributed by atoms with van der Waals surface area (Å²) in [7, 11) is 1.60. The van der Waals surface area contributed by atoms with Gasteiger partial charge in [-0.15, -0.1) is 0 Å². The van der Waals surface area contributed by atoms with Gasteiger partial charge in [-0.25, -0.2) is 4.39 Å². The first-order valence-corrected chi connectivity index (χ1v) is 6.11. The van der Waals surface area contributed by atoms with Gasteiger partial charge in [-0.05, 0) is 48.7 Å². The molecule has 0 bridgehead atoms. The van der Waals surface area contributed by atoms with E-state index in [0.29, 0.717) is 5.56 Å². The highest BCUT2D eigenvalue weighted by atomic mass is 19.1. The Morgan fingerprint density at radius 1 is 1.11 bits per heavy atom. The Labute approximate surface area is 112 Å². The fraction of sp³-hybridized carbons (Fsp3) is 0.250. The van der Waals surface area contributed by atoms with Crippen LogP contribution in [0.5, 0.6) is 5.75 Å². The Hall–Kier alpha value is -1.87. The van der Waals surface area contributed by atoms with Crippen LogP contribution in [0.4, 0.5) is 4.39 Å². The van der Waals surface area contributed by atoms with Crippen molar-refractivity contribution >= 4 is 0 Å². The molecule has 1 N–H and O–H groups in total. The molecule has 0 heterocycles. The molecule has 0 aliphatic carbocycles. The third-order valence-corrected chi connectivity index (χ3v) is 3.19. The predicted molar refractivity (Wildman–Crippen MR) is 72.9 cm³/mol. The molecule has 3 heteroatoms. The summed E-state index contributed by atoms with van der Waals surface area (Å²) in [5.41, 5.74) is 2.68. The Morgan fingerprint density at radius 2 is 1.84 bits per heavy atom. The van der Waals surface area contributed by atoms with Gasteiger partial charge in [0.25, 0.3) is 0 Å². The van der Waals surface area contributed by atoms with Crippen LogP contribution < -0.4 is 4.74 Å². The highest BCUT2D eigenvalue weighted by Crippen LogP contribution is 2.28. The van der Waals surface area contributed by atoms with E-state index in [4.69, 9.17) is 4.74 Å². The van der Waals surface area contributed by atoms with Crippen molar-refractivity contribution < 1.29 is 14.2 Å². The molecule has 0 saturated heterocycles. The number of halogens is 1. The summed E-state index contributed by atoms with van der Waals surface area (Å²) in [6.45, 7) is 3.71. The minimum absolute atomic E-state index is 0.287. The van der Waals surface area contributed by atoms with E-state index in [1.54, 1.807) is 31.4 Å². The lowest BCUT2D eigenvalue weighted by atomic mass is 9.98. The molecule has 0 amide bonds. The van der Waals surface area contributed by atoms with Crippen molar-refractivity contribution in [2.45, 2.75) is 20.0 Å². The maximum absolute atomic E-state index is 13.8. The second-order valence-electron chi connectivity index (χ2n) is 4.66. The van der Waals surface area contributed by atoms with Crippen molar-refractivity contribution in [3.05, 3.63) is 64.5 Å². The number of ether oxygens (including phenoxy) is 1. The number of hydrogen-bond donors (Lipinski definition) is 1. The van der Waals surface area contributed by atoms with Crippen molar-refractivity contribution in [3.63, 3.8) is 0 Å². The summed E-state index contributed by atoms with van der Waals surface area (Å²) in [5.74, 6) is 0.362. The summed E-state index contributed by atoms with van der Waals surface area (Å²) in [5, 5.41) is 10.3. The fourth-order valence-electron chi connectivity index (χ4n) is 2.11. The van der Waals surface area contributed by atoms with Crippen molar-refractivity contribution in [1.29, 1.82) is 0 Å². The molecular formula is C16H17FO2. The third kappa shape index (κ3) is 2.76. The van der Waals surface area contributed by atoms with Gasteiger partial charge in [0, 0.05) is 5.56 Å². The maximum Gasteiger partial charge on any atom is 0.129 e. The zero-order valence-electron chi connectivity index (χ0n) is 11.3. The van der Waals surface area contributed by atoms with E-state index in [-0.39, 0.29) is 11.4 Å². The highest BCUT2D eigenvalue weighted by Gasteiger charge is 2.15. The van der Waals surface area contributed by atoms with Crippen LogP contribution in [-0.2, 0) is 0 Å². The van der Waals surface area contributed by atoms with E-state index in [9.17, 15) is 9.50 Å². The van der Waals surface area contributed by atoms with Crippen LogP contribution in [0, 0.1) is 19.7 Å². The molecule has 0 radical (unpaired) electrons. The summed E-state index contributed by atoms with van der Waals surface area (Å²) in [6.07, 6.45) is -0.967. The van der Waals surface area contributed by atoms with Crippen molar-refractivity contribution in [2.75, 3.05) is 7.11 Å². The minimum atomic E-state index is -0.967. The van der Waals surface area contributed by atoms with Crippen LogP contribution >= 0.6 is 0 Å². The molecule has 1 unspecified atom stereocenters. The Morgan fingerprint density at radius 3 is 2.42 bits per heavy atom. The molecule has 2 nitrogen and oxygen atoms in total. The van der Waals surface area contributed by atoms with Crippen molar-refractivity contribution in [1.82, 2.24) is 0 Å². The molecule has 2 aromatic carbocycles. The summed E-state index contributed by atoms with van der Waals surface area (Å²) >= 11 is 0. The van der Waals surface area contributed by atoms with E-state index in [1.807, 2.05) is 19.9 Å². The zero-order valence-corrected chi connectivity index (χ0v) is 11.3.